The van der Waals surface area contributed by atoms with Crippen molar-refractivity contribution in [2.45, 2.75) is 52.1 Å². The number of aromatic nitrogens is 3. The van der Waals surface area contributed by atoms with Gasteiger partial charge in [-0.2, -0.15) is 5.10 Å². The largest absolute Gasteiger partial charge is 0.336 e. The van der Waals surface area contributed by atoms with Crippen LogP contribution in [0.15, 0.2) is 42.7 Å². The summed E-state index contributed by atoms with van der Waals surface area (Å²) >= 11 is 0. The molecule has 0 bridgehead atoms. The molecule has 5 heteroatoms. The number of fused-ring (bicyclic) bond motifs is 1. The molecule has 1 aromatic carbocycles. The van der Waals surface area contributed by atoms with Crippen LogP contribution in [-0.4, -0.2) is 38.2 Å². The third-order valence-corrected chi connectivity index (χ3v) is 5.44. The Morgan fingerprint density at radius 1 is 1.22 bits per heavy atom. The number of carbonyl (C=O) groups is 1. The molecule has 3 heterocycles. The summed E-state index contributed by atoms with van der Waals surface area (Å²) in [5.74, 6) is 0.110. The fraction of sp³-hybridized carbons (Fsp3) is 0.409. The Kier molecular flexibility index (Phi) is 4.68. The van der Waals surface area contributed by atoms with Crippen LogP contribution in [0.4, 0.5) is 0 Å². The second kappa shape index (κ2) is 7.14. The number of piperidine rings is 1. The lowest BCUT2D eigenvalue weighted by atomic mass is 10.00. The molecule has 0 radical (unpaired) electrons. The van der Waals surface area contributed by atoms with Crippen LogP contribution in [0.2, 0.25) is 0 Å². The minimum absolute atomic E-state index is 0.110. The van der Waals surface area contributed by atoms with Crippen molar-refractivity contribution >= 4 is 16.8 Å². The van der Waals surface area contributed by atoms with Crippen LogP contribution in [0.25, 0.3) is 22.2 Å². The summed E-state index contributed by atoms with van der Waals surface area (Å²) in [6, 6.07) is 10.4. The molecule has 0 spiro atoms. The van der Waals surface area contributed by atoms with E-state index in [9.17, 15) is 4.79 Å². The highest BCUT2D eigenvalue weighted by atomic mass is 16.2. The Balaban J connectivity index is 1.82. The second-order valence-corrected chi connectivity index (χ2v) is 7.72. The van der Waals surface area contributed by atoms with Crippen molar-refractivity contribution in [3.8, 4) is 11.3 Å². The number of benzene rings is 1. The van der Waals surface area contributed by atoms with E-state index in [1.165, 1.54) is 6.42 Å². The van der Waals surface area contributed by atoms with Gasteiger partial charge in [0.25, 0.3) is 5.91 Å². The van der Waals surface area contributed by atoms with Gasteiger partial charge in [0.05, 0.1) is 23.0 Å². The average Bonchev–Trinajstić information content (AvgIpc) is 3.17. The first-order chi connectivity index (χ1) is 13.0. The van der Waals surface area contributed by atoms with Gasteiger partial charge in [-0.25, -0.2) is 4.98 Å². The van der Waals surface area contributed by atoms with Crippen LogP contribution in [-0.2, 0) is 0 Å². The van der Waals surface area contributed by atoms with Gasteiger partial charge < -0.3 is 4.90 Å². The van der Waals surface area contributed by atoms with E-state index >= 15 is 0 Å². The van der Waals surface area contributed by atoms with E-state index in [1.807, 2.05) is 52.3 Å². The summed E-state index contributed by atoms with van der Waals surface area (Å²) in [6.45, 7) is 7.17. The summed E-state index contributed by atoms with van der Waals surface area (Å²) in [6.07, 6.45) is 7.17. The molecule has 1 atom stereocenters. The van der Waals surface area contributed by atoms with Crippen LogP contribution in [0.5, 0.6) is 0 Å². The number of amides is 1. The maximum atomic E-state index is 13.4. The lowest BCUT2D eigenvalue weighted by Crippen LogP contribution is -2.42. The monoisotopic (exact) mass is 362 g/mol. The van der Waals surface area contributed by atoms with E-state index in [0.717, 1.165) is 47.1 Å². The van der Waals surface area contributed by atoms with E-state index in [4.69, 9.17) is 4.98 Å². The molecule has 140 valence electrons. The summed E-state index contributed by atoms with van der Waals surface area (Å²) in [4.78, 5) is 20.2. The summed E-state index contributed by atoms with van der Waals surface area (Å²) < 4.78 is 1.92. The topological polar surface area (TPSA) is 51.0 Å². The van der Waals surface area contributed by atoms with Crippen LogP contribution in [0.1, 0.15) is 56.4 Å². The number of carbonyl (C=O) groups excluding carboxylic acids is 1. The fourth-order valence-corrected chi connectivity index (χ4v) is 3.81. The zero-order valence-corrected chi connectivity index (χ0v) is 16.2. The van der Waals surface area contributed by atoms with Gasteiger partial charge in [-0.3, -0.25) is 9.48 Å². The van der Waals surface area contributed by atoms with Gasteiger partial charge in [-0.05, 0) is 52.2 Å². The Hall–Kier alpha value is -2.69. The highest BCUT2D eigenvalue weighted by molar-refractivity contribution is 6.07. The van der Waals surface area contributed by atoms with Gasteiger partial charge in [0.1, 0.15) is 0 Å². The molecule has 1 aliphatic heterocycles. The lowest BCUT2D eigenvalue weighted by Gasteiger charge is -2.33. The second-order valence-electron chi connectivity index (χ2n) is 7.72. The molecule has 27 heavy (non-hydrogen) atoms. The number of pyridine rings is 1. The molecule has 1 fully saturated rings. The Labute approximate surface area is 160 Å². The molecular weight excluding hydrogens is 336 g/mol. The molecule has 2 aromatic heterocycles. The first kappa shape index (κ1) is 17.7. The van der Waals surface area contributed by atoms with Crippen molar-refractivity contribution in [3.63, 3.8) is 0 Å². The summed E-state index contributed by atoms with van der Waals surface area (Å²) in [5.41, 5.74) is 3.32. The highest BCUT2D eigenvalue weighted by Gasteiger charge is 2.26. The Morgan fingerprint density at radius 3 is 2.78 bits per heavy atom. The van der Waals surface area contributed by atoms with E-state index in [0.29, 0.717) is 0 Å². The fourth-order valence-electron chi connectivity index (χ4n) is 3.81. The highest BCUT2D eigenvalue weighted by Crippen LogP contribution is 2.28. The number of nitrogens with zero attached hydrogens (tertiary/aromatic N) is 4. The molecule has 1 amide bonds. The molecule has 0 aliphatic carbocycles. The molecular formula is C22H26N4O. The van der Waals surface area contributed by atoms with Crippen molar-refractivity contribution in [3.05, 3.63) is 48.3 Å². The predicted octanol–water partition coefficient (Wildman–Crippen LogP) is 4.69. The maximum Gasteiger partial charge on any atom is 0.254 e. The molecule has 1 aliphatic rings. The van der Waals surface area contributed by atoms with Crippen LogP contribution in [0, 0.1) is 0 Å². The first-order valence-electron chi connectivity index (χ1n) is 9.80. The molecule has 0 N–H and O–H groups in total. The zero-order valence-electron chi connectivity index (χ0n) is 16.2. The first-order valence-corrected chi connectivity index (χ1v) is 9.80. The van der Waals surface area contributed by atoms with Gasteiger partial charge in [-0.15, -0.1) is 0 Å². The minimum atomic E-state index is 0.110. The van der Waals surface area contributed by atoms with Gasteiger partial charge >= 0.3 is 0 Å². The molecule has 3 aromatic rings. The number of rotatable bonds is 3. The van der Waals surface area contributed by atoms with Gasteiger partial charge in [-0.1, -0.05) is 18.2 Å². The molecule has 5 nitrogen and oxygen atoms in total. The van der Waals surface area contributed by atoms with Crippen LogP contribution >= 0.6 is 0 Å². The number of likely N-dealkylation sites (tertiary alicyclic amines) is 1. The standard InChI is InChI=1S/C22H26N4O/c1-15(2)26-14-17(13-23-26)21-12-19(18-9-4-5-10-20(18)24-21)22(27)25-11-7-6-8-16(25)3/h4-5,9-10,12-16H,6-8,11H2,1-3H3. The Bertz CT molecular complexity index is 975. The molecule has 1 saturated heterocycles. The summed E-state index contributed by atoms with van der Waals surface area (Å²) in [7, 11) is 0. The van der Waals surface area contributed by atoms with E-state index in [1.54, 1.807) is 0 Å². The SMILES string of the molecule is CC1CCCCN1C(=O)c1cc(-c2cnn(C(C)C)c2)nc2ccccc12. The van der Waals surface area contributed by atoms with Gasteiger partial charge in [0.15, 0.2) is 0 Å². The smallest absolute Gasteiger partial charge is 0.254 e. The van der Waals surface area contributed by atoms with Crippen molar-refractivity contribution in [2.24, 2.45) is 0 Å². The quantitative estimate of drug-likeness (QED) is 0.679. The third-order valence-electron chi connectivity index (χ3n) is 5.44. The number of hydrogen-bond donors (Lipinski definition) is 0. The number of hydrogen-bond acceptors (Lipinski definition) is 3. The zero-order chi connectivity index (χ0) is 19.0. The Morgan fingerprint density at radius 2 is 2.04 bits per heavy atom. The van der Waals surface area contributed by atoms with Crippen molar-refractivity contribution in [1.29, 1.82) is 0 Å². The normalized spacial score (nSPS) is 17.6. The molecule has 0 saturated carbocycles. The van der Waals surface area contributed by atoms with Crippen molar-refractivity contribution in [2.75, 3.05) is 6.54 Å². The van der Waals surface area contributed by atoms with Gasteiger partial charge in [0, 0.05) is 35.8 Å². The minimum Gasteiger partial charge on any atom is -0.336 e. The predicted molar refractivity (Wildman–Crippen MR) is 108 cm³/mol. The van der Waals surface area contributed by atoms with Gasteiger partial charge in [0.2, 0.25) is 0 Å². The van der Waals surface area contributed by atoms with E-state index in [-0.39, 0.29) is 18.0 Å². The van der Waals surface area contributed by atoms with Crippen LogP contribution < -0.4 is 0 Å². The molecule has 4 rings (SSSR count). The van der Waals surface area contributed by atoms with Crippen molar-refractivity contribution in [1.82, 2.24) is 19.7 Å². The lowest BCUT2D eigenvalue weighted by molar-refractivity contribution is 0.0637. The van der Waals surface area contributed by atoms with E-state index in [2.05, 4.69) is 25.9 Å². The summed E-state index contributed by atoms with van der Waals surface area (Å²) in [5, 5.41) is 5.35. The molecule has 1 unspecified atom stereocenters. The van der Waals surface area contributed by atoms with Crippen molar-refractivity contribution < 1.29 is 4.79 Å². The van der Waals surface area contributed by atoms with E-state index < -0.39 is 0 Å². The average molecular weight is 362 g/mol. The number of para-hydroxylation sites is 1. The van der Waals surface area contributed by atoms with Crippen LogP contribution in [0.3, 0.4) is 0 Å². The third kappa shape index (κ3) is 3.34. The maximum absolute atomic E-state index is 13.4.